The molecule has 2 heterocycles. The third-order valence-corrected chi connectivity index (χ3v) is 3.70. The minimum atomic E-state index is 0.191. The van der Waals surface area contributed by atoms with Crippen LogP contribution >= 0.6 is 0 Å². The number of hydrogen-bond acceptors (Lipinski definition) is 4. The highest BCUT2D eigenvalue weighted by Gasteiger charge is 2.27. The molecular formula is C12H21N5O. The Morgan fingerprint density at radius 1 is 1.56 bits per heavy atom. The lowest BCUT2D eigenvalue weighted by Gasteiger charge is -2.36. The van der Waals surface area contributed by atoms with E-state index in [1.165, 1.54) is 0 Å². The molecular weight excluding hydrogens is 230 g/mol. The highest BCUT2D eigenvalue weighted by Crippen LogP contribution is 2.19. The molecule has 2 rings (SSSR count). The van der Waals surface area contributed by atoms with Crippen molar-refractivity contribution >= 4 is 5.91 Å². The Morgan fingerprint density at radius 3 is 3.06 bits per heavy atom. The number of aromatic nitrogens is 3. The first-order valence-corrected chi connectivity index (χ1v) is 6.58. The van der Waals surface area contributed by atoms with Crippen LogP contribution in [0, 0.1) is 5.92 Å². The molecule has 2 atom stereocenters. The Kier molecular flexibility index (Phi) is 4.30. The molecule has 1 aliphatic heterocycles. The van der Waals surface area contributed by atoms with Crippen LogP contribution in [-0.4, -0.2) is 44.9 Å². The van der Waals surface area contributed by atoms with E-state index in [0.717, 1.165) is 25.9 Å². The van der Waals surface area contributed by atoms with Gasteiger partial charge in [-0.15, -0.1) is 5.10 Å². The van der Waals surface area contributed by atoms with Gasteiger partial charge in [-0.1, -0.05) is 18.6 Å². The van der Waals surface area contributed by atoms with Crippen molar-refractivity contribution in [2.75, 3.05) is 13.1 Å². The number of nitrogens with zero attached hydrogens (tertiary/aromatic N) is 4. The maximum absolute atomic E-state index is 12.1. The van der Waals surface area contributed by atoms with Crippen LogP contribution in [-0.2, 0) is 11.3 Å². The van der Waals surface area contributed by atoms with E-state index in [4.69, 9.17) is 5.73 Å². The lowest BCUT2D eigenvalue weighted by molar-refractivity contribution is -0.133. The molecule has 1 amide bonds. The predicted octanol–water partition coefficient (Wildman–Crippen LogP) is 0.254. The zero-order valence-electron chi connectivity index (χ0n) is 10.8. The summed E-state index contributed by atoms with van der Waals surface area (Å²) in [7, 11) is 0. The van der Waals surface area contributed by atoms with Crippen molar-refractivity contribution in [1.29, 1.82) is 0 Å². The minimum Gasteiger partial charge on any atom is -0.342 e. The molecule has 0 spiro atoms. The van der Waals surface area contributed by atoms with Crippen LogP contribution in [0.1, 0.15) is 26.2 Å². The maximum atomic E-state index is 12.1. The van der Waals surface area contributed by atoms with Gasteiger partial charge in [0.2, 0.25) is 5.91 Å². The predicted molar refractivity (Wildman–Crippen MR) is 67.6 cm³/mol. The third kappa shape index (κ3) is 3.07. The lowest BCUT2D eigenvalue weighted by atomic mass is 9.90. The van der Waals surface area contributed by atoms with Crippen molar-refractivity contribution in [2.45, 2.75) is 38.8 Å². The van der Waals surface area contributed by atoms with E-state index in [0.29, 0.717) is 18.9 Å². The smallest absolute Gasteiger partial charge is 0.224 e. The van der Waals surface area contributed by atoms with Gasteiger partial charge in [-0.3, -0.25) is 9.48 Å². The van der Waals surface area contributed by atoms with Crippen LogP contribution in [0.2, 0.25) is 0 Å². The van der Waals surface area contributed by atoms with Crippen molar-refractivity contribution in [3.63, 3.8) is 0 Å². The molecule has 1 aromatic heterocycles. The molecule has 0 bridgehead atoms. The number of piperidine rings is 1. The molecule has 100 valence electrons. The molecule has 0 aromatic carbocycles. The van der Waals surface area contributed by atoms with E-state index in [1.807, 2.05) is 4.90 Å². The van der Waals surface area contributed by atoms with Crippen molar-refractivity contribution in [3.05, 3.63) is 12.4 Å². The van der Waals surface area contributed by atoms with Crippen molar-refractivity contribution in [1.82, 2.24) is 19.9 Å². The average molecular weight is 251 g/mol. The van der Waals surface area contributed by atoms with E-state index in [1.54, 1.807) is 17.1 Å². The summed E-state index contributed by atoms with van der Waals surface area (Å²) in [5.41, 5.74) is 6.04. The topological polar surface area (TPSA) is 77.0 Å². The van der Waals surface area contributed by atoms with Gasteiger partial charge in [0, 0.05) is 31.7 Å². The molecule has 0 aliphatic carbocycles. The lowest BCUT2D eigenvalue weighted by Crippen LogP contribution is -2.49. The SMILES string of the molecule is CCC1CN(C(=O)CCn2ccnn2)CCC1N. The van der Waals surface area contributed by atoms with Gasteiger partial charge in [0.25, 0.3) is 0 Å². The Bertz CT molecular complexity index is 378. The van der Waals surface area contributed by atoms with Crippen LogP contribution in [0.3, 0.4) is 0 Å². The van der Waals surface area contributed by atoms with E-state index >= 15 is 0 Å². The number of amides is 1. The first-order chi connectivity index (χ1) is 8.70. The average Bonchev–Trinajstić information content (AvgIpc) is 2.89. The Hall–Kier alpha value is -1.43. The van der Waals surface area contributed by atoms with Gasteiger partial charge in [-0.25, -0.2) is 0 Å². The molecule has 0 saturated carbocycles. The van der Waals surface area contributed by atoms with Gasteiger partial charge in [0.05, 0.1) is 12.7 Å². The molecule has 0 radical (unpaired) electrons. The number of aryl methyl sites for hydroxylation is 1. The van der Waals surface area contributed by atoms with Gasteiger partial charge in [-0.2, -0.15) is 0 Å². The van der Waals surface area contributed by atoms with Crippen LogP contribution in [0.15, 0.2) is 12.4 Å². The molecule has 1 saturated heterocycles. The molecule has 6 heteroatoms. The fourth-order valence-corrected chi connectivity index (χ4v) is 2.43. The molecule has 1 fully saturated rings. The summed E-state index contributed by atoms with van der Waals surface area (Å²) in [6.45, 7) is 4.31. The second-order valence-electron chi connectivity index (χ2n) is 4.88. The zero-order valence-corrected chi connectivity index (χ0v) is 10.8. The third-order valence-electron chi connectivity index (χ3n) is 3.70. The summed E-state index contributed by atoms with van der Waals surface area (Å²) >= 11 is 0. The molecule has 1 aliphatic rings. The normalized spacial score (nSPS) is 24.2. The summed E-state index contributed by atoms with van der Waals surface area (Å²) in [5, 5.41) is 7.57. The van der Waals surface area contributed by atoms with Crippen molar-refractivity contribution in [2.24, 2.45) is 11.7 Å². The summed E-state index contributed by atoms with van der Waals surface area (Å²) in [5.74, 6) is 0.630. The number of hydrogen-bond donors (Lipinski definition) is 1. The van der Waals surface area contributed by atoms with E-state index in [2.05, 4.69) is 17.2 Å². The van der Waals surface area contributed by atoms with Crippen molar-refractivity contribution in [3.8, 4) is 0 Å². The van der Waals surface area contributed by atoms with Gasteiger partial charge >= 0.3 is 0 Å². The largest absolute Gasteiger partial charge is 0.342 e. The quantitative estimate of drug-likeness (QED) is 0.832. The summed E-state index contributed by atoms with van der Waals surface area (Å²) < 4.78 is 1.69. The van der Waals surface area contributed by atoms with E-state index in [-0.39, 0.29) is 11.9 Å². The number of nitrogens with two attached hydrogens (primary N) is 1. The van der Waals surface area contributed by atoms with Crippen LogP contribution < -0.4 is 5.73 Å². The first kappa shape index (κ1) is 13.0. The Morgan fingerprint density at radius 2 is 2.39 bits per heavy atom. The zero-order chi connectivity index (χ0) is 13.0. The monoisotopic (exact) mass is 251 g/mol. The van der Waals surface area contributed by atoms with Crippen LogP contribution in [0.5, 0.6) is 0 Å². The number of carbonyl (C=O) groups is 1. The maximum Gasteiger partial charge on any atom is 0.224 e. The fourth-order valence-electron chi connectivity index (χ4n) is 2.43. The number of rotatable bonds is 4. The highest BCUT2D eigenvalue weighted by molar-refractivity contribution is 5.76. The van der Waals surface area contributed by atoms with E-state index < -0.39 is 0 Å². The van der Waals surface area contributed by atoms with E-state index in [9.17, 15) is 4.79 Å². The molecule has 18 heavy (non-hydrogen) atoms. The molecule has 6 nitrogen and oxygen atoms in total. The Balaban J connectivity index is 1.82. The number of carbonyl (C=O) groups excluding carboxylic acids is 1. The summed E-state index contributed by atoms with van der Waals surface area (Å²) in [6, 6.07) is 0.245. The second-order valence-corrected chi connectivity index (χ2v) is 4.88. The molecule has 2 unspecified atom stereocenters. The van der Waals surface area contributed by atoms with Gasteiger partial charge in [0.15, 0.2) is 0 Å². The summed E-state index contributed by atoms with van der Waals surface area (Å²) in [6.07, 6.45) is 5.82. The second kappa shape index (κ2) is 5.95. The van der Waals surface area contributed by atoms with Gasteiger partial charge < -0.3 is 10.6 Å². The first-order valence-electron chi connectivity index (χ1n) is 6.58. The Labute approximate surface area is 107 Å². The van der Waals surface area contributed by atoms with Crippen molar-refractivity contribution < 1.29 is 4.79 Å². The van der Waals surface area contributed by atoms with Crippen LogP contribution in [0.25, 0.3) is 0 Å². The standard InChI is InChI=1S/C12H21N5O/c1-2-10-9-16(6-3-11(10)13)12(18)4-7-17-8-5-14-15-17/h5,8,10-11H,2-4,6-7,9,13H2,1H3. The highest BCUT2D eigenvalue weighted by atomic mass is 16.2. The van der Waals surface area contributed by atoms with Gasteiger partial charge in [0.1, 0.15) is 0 Å². The van der Waals surface area contributed by atoms with Crippen LogP contribution in [0.4, 0.5) is 0 Å². The number of likely N-dealkylation sites (tertiary alicyclic amines) is 1. The minimum absolute atomic E-state index is 0.191. The molecule has 2 N–H and O–H groups in total. The summed E-state index contributed by atoms with van der Waals surface area (Å²) in [4.78, 5) is 14.0. The molecule has 1 aromatic rings. The fraction of sp³-hybridized carbons (Fsp3) is 0.750. The van der Waals surface area contributed by atoms with Gasteiger partial charge in [-0.05, 0) is 12.3 Å².